The smallest absolute Gasteiger partial charge is 0.255 e. The van der Waals surface area contributed by atoms with Crippen molar-refractivity contribution in [2.45, 2.75) is 18.6 Å². The molecule has 0 saturated heterocycles. The lowest BCUT2D eigenvalue weighted by Crippen LogP contribution is -2.49. The van der Waals surface area contributed by atoms with Crippen LogP contribution < -0.4 is 16.0 Å². The van der Waals surface area contributed by atoms with Crippen molar-refractivity contribution in [2.75, 3.05) is 11.4 Å². The van der Waals surface area contributed by atoms with Crippen molar-refractivity contribution < 1.29 is 9.18 Å². The highest BCUT2D eigenvalue weighted by molar-refractivity contribution is 6.03. The number of rotatable bonds is 1. The second kappa shape index (κ2) is 4.81. The second-order valence-electron chi connectivity index (χ2n) is 5.76. The van der Waals surface area contributed by atoms with Gasteiger partial charge >= 0.3 is 0 Å². The van der Waals surface area contributed by atoms with E-state index in [9.17, 15) is 9.18 Å². The van der Waals surface area contributed by atoms with E-state index in [1.165, 1.54) is 12.1 Å². The standard InChI is InChI=1S/C17H16FN3O/c18-11-6-4-10(5-7-11)16-20-17(22)13-3-1-2-12-14(19)8-9-21(16)15(12)13/h1-7,14,16H,8-9,19H2,(H,20,22)/t14-,16-/m1/s1. The summed E-state index contributed by atoms with van der Waals surface area (Å²) in [6.45, 7) is 0.757. The van der Waals surface area contributed by atoms with Gasteiger partial charge in [-0.25, -0.2) is 4.39 Å². The maximum absolute atomic E-state index is 13.2. The van der Waals surface area contributed by atoms with E-state index in [2.05, 4.69) is 10.2 Å². The molecule has 2 aliphatic heterocycles. The Morgan fingerprint density at radius 3 is 2.73 bits per heavy atom. The molecule has 0 bridgehead atoms. The molecular weight excluding hydrogens is 281 g/mol. The maximum atomic E-state index is 13.2. The molecule has 2 heterocycles. The number of para-hydroxylation sites is 1. The van der Waals surface area contributed by atoms with Crippen LogP contribution in [0.2, 0.25) is 0 Å². The molecule has 0 spiro atoms. The zero-order chi connectivity index (χ0) is 15.3. The highest BCUT2D eigenvalue weighted by Gasteiger charge is 2.36. The van der Waals surface area contributed by atoms with Crippen molar-refractivity contribution >= 4 is 11.6 Å². The molecule has 3 N–H and O–H groups in total. The summed E-state index contributed by atoms with van der Waals surface area (Å²) in [4.78, 5) is 14.6. The highest BCUT2D eigenvalue weighted by Crippen LogP contribution is 2.41. The predicted octanol–water partition coefficient (Wildman–Crippen LogP) is 2.48. The van der Waals surface area contributed by atoms with Crippen molar-refractivity contribution in [2.24, 2.45) is 5.73 Å². The van der Waals surface area contributed by atoms with Crippen molar-refractivity contribution in [3.63, 3.8) is 0 Å². The van der Waals surface area contributed by atoms with Crippen LogP contribution in [0.1, 0.15) is 40.1 Å². The molecule has 0 saturated carbocycles. The Kier molecular flexibility index (Phi) is 2.90. The number of nitrogens with one attached hydrogen (secondary N) is 1. The largest absolute Gasteiger partial charge is 0.346 e. The first-order valence-corrected chi connectivity index (χ1v) is 7.36. The first-order chi connectivity index (χ1) is 10.6. The van der Waals surface area contributed by atoms with E-state index in [0.29, 0.717) is 5.56 Å². The maximum Gasteiger partial charge on any atom is 0.255 e. The van der Waals surface area contributed by atoms with Crippen LogP contribution in [-0.2, 0) is 0 Å². The van der Waals surface area contributed by atoms with E-state index in [-0.39, 0.29) is 23.9 Å². The Labute approximate surface area is 127 Å². The SMILES string of the molecule is N[C@@H]1CCN2c3c(cccc31)C(=O)N[C@H]2c1ccc(F)cc1. The number of carbonyl (C=O) groups is 1. The molecule has 0 aliphatic carbocycles. The molecule has 0 radical (unpaired) electrons. The number of hydrogen-bond donors (Lipinski definition) is 2. The molecule has 0 aromatic heterocycles. The van der Waals surface area contributed by atoms with Crippen molar-refractivity contribution in [1.82, 2.24) is 5.32 Å². The van der Waals surface area contributed by atoms with Crippen LogP contribution in [0.15, 0.2) is 42.5 Å². The summed E-state index contributed by atoms with van der Waals surface area (Å²) in [6.07, 6.45) is 0.540. The number of anilines is 1. The van der Waals surface area contributed by atoms with Gasteiger partial charge in [0.15, 0.2) is 0 Å². The lowest BCUT2D eigenvalue weighted by molar-refractivity contribution is 0.0925. The third-order valence-corrected chi connectivity index (χ3v) is 4.44. The Morgan fingerprint density at radius 2 is 1.95 bits per heavy atom. The number of nitrogens with two attached hydrogens (primary N) is 1. The molecule has 2 aromatic carbocycles. The van der Waals surface area contributed by atoms with Crippen molar-refractivity contribution in [3.8, 4) is 0 Å². The summed E-state index contributed by atoms with van der Waals surface area (Å²) in [7, 11) is 0. The Hall–Kier alpha value is -2.40. The fourth-order valence-corrected chi connectivity index (χ4v) is 3.36. The van der Waals surface area contributed by atoms with Gasteiger partial charge in [0.2, 0.25) is 0 Å². The minimum atomic E-state index is -0.285. The van der Waals surface area contributed by atoms with Crippen molar-refractivity contribution in [3.05, 3.63) is 65.0 Å². The molecular formula is C17H16FN3O. The van der Waals surface area contributed by atoms with E-state index in [1.807, 2.05) is 18.2 Å². The first kappa shape index (κ1) is 13.3. The third kappa shape index (κ3) is 1.89. The Bertz CT molecular complexity index is 744. The molecule has 2 aromatic rings. The van der Waals surface area contributed by atoms with E-state index < -0.39 is 0 Å². The number of amides is 1. The predicted molar refractivity (Wildman–Crippen MR) is 81.9 cm³/mol. The highest BCUT2D eigenvalue weighted by atomic mass is 19.1. The molecule has 2 aliphatic rings. The molecule has 0 fully saturated rings. The fourth-order valence-electron chi connectivity index (χ4n) is 3.36. The summed E-state index contributed by atoms with van der Waals surface area (Å²) >= 11 is 0. The van der Waals surface area contributed by atoms with Gasteiger partial charge < -0.3 is 16.0 Å². The topological polar surface area (TPSA) is 58.4 Å². The number of halogens is 1. The minimum absolute atomic E-state index is 0.0500. The summed E-state index contributed by atoms with van der Waals surface area (Å²) in [5.41, 5.74) is 9.64. The fraction of sp³-hybridized carbons (Fsp3) is 0.235. The monoisotopic (exact) mass is 297 g/mol. The van der Waals surface area contributed by atoms with Gasteiger partial charge in [-0.2, -0.15) is 0 Å². The van der Waals surface area contributed by atoms with Gasteiger partial charge in [0, 0.05) is 12.6 Å². The van der Waals surface area contributed by atoms with Gasteiger partial charge in [-0.15, -0.1) is 0 Å². The van der Waals surface area contributed by atoms with Crippen LogP contribution >= 0.6 is 0 Å². The zero-order valence-corrected chi connectivity index (χ0v) is 11.9. The van der Waals surface area contributed by atoms with Gasteiger partial charge in [-0.1, -0.05) is 24.3 Å². The molecule has 22 heavy (non-hydrogen) atoms. The first-order valence-electron chi connectivity index (χ1n) is 7.36. The lowest BCUT2D eigenvalue weighted by atomic mass is 9.90. The average molecular weight is 297 g/mol. The summed E-state index contributed by atoms with van der Waals surface area (Å²) in [6, 6.07) is 11.9. The van der Waals surface area contributed by atoms with Gasteiger partial charge in [-0.05, 0) is 35.7 Å². The lowest BCUT2D eigenvalue weighted by Gasteiger charge is -2.44. The molecule has 1 amide bonds. The van der Waals surface area contributed by atoms with Crippen molar-refractivity contribution in [1.29, 1.82) is 0 Å². The summed E-state index contributed by atoms with van der Waals surface area (Å²) in [5, 5.41) is 3.01. The minimum Gasteiger partial charge on any atom is -0.346 e. The van der Waals surface area contributed by atoms with E-state index >= 15 is 0 Å². The van der Waals surface area contributed by atoms with Gasteiger partial charge in [-0.3, -0.25) is 4.79 Å². The van der Waals surface area contributed by atoms with E-state index in [0.717, 1.165) is 29.8 Å². The zero-order valence-electron chi connectivity index (χ0n) is 11.9. The molecule has 0 unspecified atom stereocenters. The summed E-state index contributed by atoms with van der Waals surface area (Å²) < 4.78 is 13.2. The van der Waals surface area contributed by atoms with Crippen LogP contribution in [0.5, 0.6) is 0 Å². The van der Waals surface area contributed by atoms with Gasteiger partial charge in [0.05, 0.1) is 11.3 Å². The van der Waals surface area contributed by atoms with E-state index in [4.69, 9.17) is 5.73 Å². The third-order valence-electron chi connectivity index (χ3n) is 4.44. The van der Waals surface area contributed by atoms with Crippen LogP contribution in [-0.4, -0.2) is 12.5 Å². The summed E-state index contributed by atoms with van der Waals surface area (Å²) in [5.74, 6) is -0.399. The van der Waals surface area contributed by atoms with Crippen LogP contribution in [0.25, 0.3) is 0 Å². The van der Waals surface area contributed by atoms with Crippen LogP contribution in [0, 0.1) is 5.82 Å². The van der Waals surface area contributed by atoms with Gasteiger partial charge in [0.25, 0.3) is 5.91 Å². The number of carbonyl (C=O) groups excluding carboxylic acids is 1. The Morgan fingerprint density at radius 1 is 1.18 bits per heavy atom. The Balaban J connectivity index is 1.85. The molecule has 4 rings (SSSR count). The number of hydrogen-bond acceptors (Lipinski definition) is 3. The second-order valence-corrected chi connectivity index (χ2v) is 5.76. The van der Waals surface area contributed by atoms with Crippen LogP contribution in [0.4, 0.5) is 10.1 Å². The number of nitrogens with zero attached hydrogens (tertiary/aromatic N) is 1. The molecule has 5 heteroatoms. The number of benzene rings is 2. The quantitative estimate of drug-likeness (QED) is 0.850. The van der Waals surface area contributed by atoms with Crippen LogP contribution in [0.3, 0.4) is 0 Å². The molecule has 2 atom stereocenters. The average Bonchev–Trinajstić information content (AvgIpc) is 2.53. The normalized spacial score (nSPS) is 23.0. The molecule has 4 nitrogen and oxygen atoms in total. The van der Waals surface area contributed by atoms with Gasteiger partial charge in [0.1, 0.15) is 12.0 Å². The molecule has 112 valence electrons. The van der Waals surface area contributed by atoms with E-state index in [1.54, 1.807) is 12.1 Å².